The van der Waals surface area contributed by atoms with E-state index in [9.17, 15) is 21.6 Å². The van der Waals surface area contributed by atoms with Gasteiger partial charge in [-0.3, -0.25) is 4.79 Å². The molecule has 0 aliphatic carbocycles. The van der Waals surface area contributed by atoms with E-state index < -0.39 is 25.8 Å². The Morgan fingerprint density at radius 1 is 0.917 bits per heavy atom. The van der Waals surface area contributed by atoms with Crippen LogP contribution in [0.5, 0.6) is 11.5 Å². The number of nitrogens with zero attached hydrogens (tertiary/aromatic N) is 1. The molecule has 2 aromatic carbocycles. The summed E-state index contributed by atoms with van der Waals surface area (Å²) in [6, 6.07) is 8.26. The summed E-state index contributed by atoms with van der Waals surface area (Å²) in [5.41, 5.74) is 0. The van der Waals surface area contributed by atoms with Crippen molar-refractivity contribution in [2.75, 3.05) is 31.9 Å². The average Bonchev–Trinajstić information content (AvgIpc) is 2.79. The van der Waals surface area contributed by atoms with Crippen LogP contribution in [-0.2, 0) is 24.7 Å². The van der Waals surface area contributed by atoms with Crippen molar-refractivity contribution >= 4 is 60.6 Å². The van der Waals surface area contributed by atoms with Crippen molar-refractivity contribution in [2.45, 2.75) is 30.6 Å². The quantitative estimate of drug-likeness (QED) is 0.319. The summed E-state index contributed by atoms with van der Waals surface area (Å²) in [4.78, 5) is 11.5. The number of benzene rings is 2. The fraction of sp³-hybridized carbons (Fsp3) is 0.435. The number of hydrogen-bond acceptors (Lipinski definition) is 7. The fourth-order valence-electron chi connectivity index (χ4n) is 3.02. The molecule has 0 aliphatic heterocycles. The Morgan fingerprint density at radius 2 is 1.44 bits per heavy atom. The van der Waals surface area contributed by atoms with Crippen LogP contribution in [0.25, 0.3) is 0 Å². The van der Waals surface area contributed by atoms with Gasteiger partial charge in [0.15, 0.2) is 5.75 Å². The largest absolute Gasteiger partial charge is 0.493 e. The highest BCUT2D eigenvalue weighted by molar-refractivity contribution is 7.91. The van der Waals surface area contributed by atoms with Crippen molar-refractivity contribution in [3.8, 4) is 11.5 Å². The van der Waals surface area contributed by atoms with Crippen molar-refractivity contribution in [3.63, 3.8) is 0 Å². The molecule has 8 nitrogen and oxygen atoms in total. The van der Waals surface area contributed by atoms with Gasteiger partial charge < -0.3 is 9.47 Å². The van der Waals surface area contributed by atoms with Crippen molar-refractivity contribution in [3.05, 3.63) is 46.4 Å². The molecule has 0 fully saturated rings. The first-order valence-electron chi connectivity index (χ1n) is 10.8. The third-order valence-corrected chi connectivity index (χ3v) is 9.00. The van der Waals surface area contributed by atoms with Gasteiger partial charge in [0, 0.05) is 31.2 Å². The summed E-state index contributed by atoms with van der Waals surface area (Å²) in [5, 5.41) is 0.121. The topological polar surface area (TPSA) is 107 Å². The Balaban J connectivity index is 2.12. The molecule has 2 aromatic rings. The molecule has 0 aliphatic rings. The summed E-state index contributed by atoms with van der Waals surface area (Å²) < 4.78 is 61.7. The van der Waals surface area contributed by atoms with Crippen LogP contribution in [0.4, 0.5) is 0 Å². The van der Waals surface area contributed by atoms with Crippen LogP contribution in [0, 0.1) is 11.8 Å². The second kappa shape index (κ2) is 12.7. The summed E-state index contributed by atoms with van der Waals surface area (Å²) in [6.45, 7) is 5.15. The molecule has 0 aromatic heterocycles. The van der Waals surface area contributed by atoms with Crippen molar-refractivity contribution in [2.24, 2.45) is 11.8 Å². The fourth-order valence-corrected chi connectivity index (χ4v) is 6.14. The lowest BCUT2D eigenvalue weighted by atomic mass is 10.2. The van der Waals surface area contributed by atoms with Gasteiger partial charge in [-0.1, -0.05) is 37.0 Å². The molecule has 36 heavy (non-hydrogen) atoms. The lowest BCUT2D eigenvalue weighted by Crippen LogP contribution is -2.38. The zero-order valence-electron chi connectivity index (χ0n) is 20.2. The first kappa shape index (κ1) is 30.5. The third kappa shape index (κ3) is 8.14. The molecule has 1 amide bonds. The molecule has 0 bridgehead atoms. The predicted octanol–water partition coefficient (Wildman–Crippen LogP) is 4.90. The molecule has 0 saturated carbocycles. The van der Waals surface area contributed by atoms with Gasteiger partial charge in [-0.05, 0) is 36.4 Å². The molecule has 0 saturated heterocycles. The Bertz CT molecular complexity index is 1260. The van der Waals surface area contributed by atoms with Crippen LogP contribution in [0.2, 0.25) is 10.0 Å². The van der Waals surface area contributed by atoms with Gasteiger partial charge in [0.1, 0.15) is 5.75 Å². The van der Waals surface area contributed by atoms with Crippen molar-refractivity contribution in [1.82, 2.24) is 4.31 Å². The number of hydrogen-bond donors (Lipinski definition) is 0. The van der Waals surface area contributed by atoms with Gasteiger partial charge in [0.2, 0.25) is 25.8 Å². The number of alkyl halides is 1. The van der Waals surface area contributed by atoms with Gasteiger partial charge in [-0.15, -0.1) is 11.6 Å². The zero-order valence-corrected chi connectivity index (χ0v) is 24.1. The Hall–Kier alpha value is -1.72. The minimum absolute atomic E-state index is 0.000654. The van der Waals surface area contributed by atoms with E-state index in [4.69, 9.17) is 44.3 Å². The molecule has 0 radical (unpaired) electrons. The van der Waals surface area contributed by atoms with E-state index in [-0.39, 0.29) is 57.2 Å². The summed E-state index contributed by atoms with van der Waals surface area (Å²) in [6.07, 6.45) is 0.962. The third-order valence-electron chi connectivity index (χ3n) is 4.96. The maximum Gasteiger partial charge on any atom is 0.234 e. The van der Waals surface area contributed by atoms with Gasteiger partial charge in [0.25, 0.3) is 0 Å². The molecule has 0 N–H and O–H groups in total. The lowest BCUT2D eigenvalue weighted by Gasteiger charge is -2.22. The van der Waals surface area contributed by atoms with E-state index in [2.05, 4.69) is 0 Å². The lowest BCUT2D eigenvalue weighted by molar-refractivity contribution is -0.124. The first-order valence-corrected chi connectivity index (χ1v) is 15.4. The van der Waals surface area contributed by atoms with E-state index in [1.165, 1.54) is 43.3 Å². The number of ether oxygens (including phenoxy) is 2. The summed E-state index contributed by atoms with van der Waals surface area (Å²) >= 11 is 18.3. The van der Waals surface area contributed by atoms with Crippen LogP contribution in [-0.4, -0.2) is 58.9 Å². The number of carbonyl (C=O) groups excluding carboxylic acids is 1. The van der Waals surface area contributed by atoms with E-state index >= 15 is 0 Å². The predicted molar refractivity (Wildman–Crippen MR) is 141 cm³/mol. The van der Waals surface area contributed by atoms with Gasteiger partial charge >= 0.3 is 0 Å². The maximum absolute atomic E-state index is 13.1. The molecule has 0 unspecified atom stereocenters. The van der Waals surface area contributed by atoms with Crippen LogP contribution in [0.3, 0.4) is 0 Å². The second-order valence-electron chi connectivity index (χ2n) is 8.49. The molecule has 0 spiro atoms. The highest BCUT2D eigenvalue weighted by Crippen LogP contribution is 2.37. The number of amides is 1. The average molecular weight is 601 g/mol. The molecular formula is C23H28Cl3NO7S2. The first-order chi connectivity index (χ1) is 16.7. The van der Waals surface area contributed by atoms with Crippen molar-refractivity contribution < 1.29 is 31.1 Å². The summed E-state index contributed by atoms with van der Waals surface area (Å²) in [7, 11) is -7.62. The molecule has 2 rings (SSSR count). The standard InChI is InChI=1S/C23H28Cl3NO7S2/c1-15(11-24)13-34-23-21(25)9-20(10-22(23)26)36(31,32)19-7-5-18(6-8-19)33-14-16(2)12-27(17(3)28)35(4,29)30/h5-10,15-16H,11-14H2,1-4H3/t15-,16-/m1/s1. The SMILES string of the molecule is CC(=O)N(C[C@@H](C)COc1ccc(S(=O)(=O)c2cc(Cl)c(OC[C@H](C)CCl)c(Cl)c2)cc1)S(C)(=O)=O. The molecule has 2 atom stereocenters. The van der Waals surface area contributed by atoms with E-state index in [0.717, 1.165) is 10.6 Å². The second-order valence-corrected chi connectivity index (χ2v) is 13.5. The Labute approximate surface area is 227 Å². The van der Waals surface area contributed by atoms with Crippen LogP contribution < -0.4 is 9.47 Å². The van der Waals surface area contributed by atoms with Gasteiger partial charge in [-0.25, -0.2) is 21.1 Å². The molecule has 0 heterocycles. The molecule has 13 heteroatoms. The summed E-state index contributed by atoms with van der Waals surface area (Å²) in [5.74, 6) is 0.124. The maximum atomic E-state index is 13.1. The molecular weight excluding hydrogens is 573 g/mol. The van der Waals surface area contributed by atoms with Crippen LogP contribution in [0.1, 0.15) is 20.8 Å². The Morgan fingerprint density at radius 3 is 1.92 bits per heavy atom. The Kier molecular flexibility index (Phi) is 10.8. The number of rotatable bonds is 12. The monoisotopic (exact) mass is 599 g/mol. The van der Waals surface area contributed by atoms with E-state index in [0.29, 0.717) is 11.6 Å². The van der Waals surface area contributed by atoms with Gasteiger partial charge in [-0.2, -0.15) is 0 Å². The molecule has 200 valence electrons. The smallest absolute Gasteiger partial charge is 0.234 e. The minimum Gasteiger partial charge on any atom is -0.493 e. The van der Waals surface area contributed by atoms with E-state index in [1.54, 1.807) is 6.92 Å². The van der Waals surface area contributed by atoms with E-state index in [1.807, 2.05) is 6.92 Å². The van der Waals surface area contributed by atoms with Crippen LogP contribution in [0.15, 0.2) is 46.2 Å². The number of halogens is 3. The highest BCUT2D eigenvalue weighted by Gasteiger charge is 2.24. The zero-order chi connectivity index (χ0) is 27.3. The van der Waals surface area contributed by atoms with Crippen LogP contribution >= 0.6 is 34.8 Å². The minimum atomic E-state index is -3.94. The van der Waals surface area contributed by atoms with Crippen molar-refractivity contribution in [1.29, 1.82) is 0 Å². The highest BCUT2D eigenvalue weighted by atomic mass is 35.5. The number of sulfone groups is 1. The number of sulfonamides is 1. The number of carbonyl (C=O) groups is 1. The van der Waals surface area contributed by atoms with Gasteiger partial charge in [0.05, 0.1) is 39.3 Å². The normalized spacial score (nSPS) is 13.6.